The highest BCUT2D eigenvalue weighted by Gasteiger charge is 2.33. The molecule has 2 aromatic rings. The number of rotatable bonds is 2. The van der Waals surface area contributed by atoms with Crippen LogP contribution in [0.3, 0.4) is 0 Å². The Hall–Kier alpha value is -2.30. The van der Waals surface area contributed by atoms with E-state index in [1.807, 2.05) is 49.0 Å². The van der Waals surface area contributed by atoms with Crippen molar-refractivity contribution in [3.05, 3.63) is 36.0 Å². The lowest BCUT2D eigenvalue weighted by molar-refractivity contribution is -0.143. The monoisotopic (exact) mass is 300 g/mol. The lowest BCUT2D eigenvalue weighted by Crippen LogP contribution is -2.47. The zero-order valence-corrected chi connectivity index (χ0v) is 12.8. The van der Waals surface area contributed by atoms with Crippen LogP contribution in [-0.2, 0) is 11.8 Å². The molecule has 5 heteroatoms. The highest BCUT2D eigenvalue weighted by atomic mass is 16.4. The molecule has 1 saturated heterocycles. The van der Waals surface area contributed by atoms with Gasteiger partial charge in [-0.3, -0.25) is 9.59 Å². The first-order chi connectivity index (χ1) is 10.5. The number of carbonyl (C=O) groups is 2. The fourth-order valence-corrected chi connectivity index (χ4v) is 3.26. The van der Waals surface area contributed by atoms with Gasteiger partial charge in [-0.2, -0.15) is 0 Å². The van der Waals surface area contributed by atoms with Crippen LogP contribution < -0.4 is 0 Å². The molecular formula is C17H20N2O3. The number of aromatic nitrogens is 1. The molecule has 1 aliphatic rings. The van der Waals surface area contributed by atoms with Crippen LogP contribution in [0.4, 0.5) is 0 Å². The van der Waals surface area contributed by atoms with Gasteiger partial charge in [0, 0.05) is 36.7 Å². The van der Waals surface area contributed by atoms with E-state index in [0.717, 1.165) is 17.3 Å². The van der Waals surface area contributed by atoms with Crippen LogP contribution in [0, 0.1) is 5.92 Å². The molecule has 0 bridgehead atoms. The van der Waals surface area contributed by atoms with Crippen LogP contribution in [0.5, 0.6) is 0 Å². The number of piperidine rings is 1. The van der Waals surface area contributed by atoms with Crippen molar-refractivity contribution in [2.45, 2.75) is 25.8 Å². The minimum Gasteiger partial charge on any atom is -0.481 e. The molecule has 1 aromatic carbocycles. The number of carboxylic acids is 1. The summed E-state index contributed by atoms with van der Waals surface area (Å²) in [6.07, 6.45) is 3.20. The van der Waals surface area contributed by atoms with Gasteiger partial charge in [-0.1, -0.05) is 18.2 Å². The Labute approximate surface area is 129 Å². The Kier molecular flexibility index (Phi) is 3.64. The second kappa shape index (κ2) is 5.48. The number of aryl methyl sites for hydroxylation is 1. The molecule has 2 atom stereocenters. The van der Waals surface area contributed by atoms with Crippen LogP contribution in [-0.4, -0.2) is 39.0 Å². The molecule has 5 nitrogen and oxygen atoms in total. The number of aliphatic carboxylic acids is 1. The number of carboxylic acid groups (broad SMARTS) is 1. The molecule has 22 heavy (non-hydrogen) atoms. The normalized spacial score (nSPS) is 22.0. The summed E-state index contributed by atoms with van der Waals surface area (Å²) in [4.78, 5) is 25.9. The number of hydrogen-bond acceptors (Lipinski definition) is 2. The first-order valence-corrected chi connectivity index (χ1v) is 7.57. The van der Waals surface area contributed by atoms with E-state index in [2.05, 4.69) is 0 Å². The SMILES string of the molecule is CC1CCC(C(=O)O)CN1C(=O)c1cn(C)c2ccccc12. The number of likely N-dealkylation sites (tertiary alicyclic amines) is 1. The number of amides is 1. The van der Waals surface area contributed by atoms with E-state index in [9.17, 15) is 14.7 Å². The van der Waals surface area contributed by atoms with Crippen LogP contribution in [0.15, 0.2) is 30.5 Å². The fourth-order valence-electron chi connectivity index (χ4n) is 3.26. The first-order valence-electron chi connectivity index (χ1n) is 7.57. The molecule has 2 unspecified atom stereocenters. The van der Waals surface area contributed by atoms with Crippen LogP contribution in [0.1, 0.15) is 30.1 Å². The van der Waals surface area contributed by atoms with E-state index >= 15 is 0 Å². The lowest BCUT2D eigenvalue weighted by atomic mass is 9.93. The summed E-state index contributed by atoms with van der Waals surface area (Å²) < 4.78 is 1.94. The van der Waals surface area contributed by atoms with Crippen molar-refractivity contribution in [3.8, 4) is 0 Å². The first kappa shape index (κ1) is 14.6. The second-order valence-corrected chi connectivity index (χ2v) is 6.09. The molecule has 0 aliphatic carbocycles. The third-order valence-corrected chi connectivity index (χ3v) is 4.62. The van der Waals surface area contributed by atoms with Gasteiger partial charge in [-0.15, -0.1) is 0 Å². The minimum atomic E-state index is -0.817. The number of para-hydroxylation sites is 1. The van der Waals surface area contributed by atoms with Crippen molar-refractivity contribution in [3.63, 3.8) is 0 Å². The molecular weight excluding hydrogens is 280 g/mol. The molecule has 0 radical (unpaired) electrons. The number of nitrogens with zero attached hydrogens (tertiary/aromatic N) is 2. The van der Waals surface area contributed by atoms with Crippen molar-refractivity contribution < 1.29 is 14.7 Å². The quantitative estimate of drug-likeness (QED) is 0.927. The second-order valence-electron chi connectivity index (χ2n) is 6.09. The maximum atomic E-state index is 12.9. The zero-order chi connectivity index (χ0) is 15.9. The number of benzene rings is 1. The van der Waals surface area contributed by atoms with Gasteiger partial charge in [-0.05, 0) is 25.8 Å². The number of fused-ring (bicyclic) bond motifs is 1. The summed E-state index contributed by atoms with van der Waals surface area (Å²) in [7, 11) is 1.92. The summed E-state index contributed by atoms with van der Waals surface area (Å²) >= 11 is 0. The van der Waals surface area contributed by atoms with E-state index in [1.54, 1.807) is 4.90 Å². The van der Waals surface area contributed by atoms with Crippen molar-refractivity contribution in [1.82, 2.24) is 9.47 Å². The Bertz CT molecular complexity index is 735. The number of carbonyl (C=O) groups excluding carboxylic acids is 1. The molecule has 3 rings (SSSR count). The summed E-state index contributed by atoms with van der Waals surface area (Å²) in [6.45, 7) is 2.28. The molecule has 116 valence electrons. The Morgan fingerprint density at radius 1 is 1.23 bits per heavy atom. The third-order valence-electron chi connectivity index (χ3n) is 4.62. The summed E-state index contributed by atoms with van der Waals surface area (Å²) in [5, 5.41) is 10.1. The van der Waals surface area contributed by atoms with Gasteiger partial charge >= 0.3 is 5.97 Å². The van der Waals surface area contributed by atoms with Gasteiger partial charge in [0.25, 0.3) is 5.91 Å². The van der Waals surface area contributed by atoms with E-state index < -0.39 is 11.9 Å². The minimum absolute atomic E-state index is 0.0714. The van der Waals surface area contributed by atoms with E-state index in [1.165, 1.54) is 0 Å². The van der Waals surface area contributed by atoms with Crippen LogP contribution in [0.2, 0.25) is 0 Å². The van der Waals surface area contributed by atoms with Gasteiger partial charge in [0.15, 0.2) is 0 Å². The van der Waals surface area contributed by atoms with E-state index in [-0.39, 0.29) is 11.9 Å². The van der Waals surface area contributed by atoms with Gasteiger partial charge in [0.2, 0.25) is 0 Å². The lowest BCUT2D eigenvalue weighted by Gasteiger charge is -2.36. The van der Waals surface area contributed by atoms with Gasteiger partial charge in [0.05, 0.1) is 11.5 Å². The third kappa shape index (κ3) is 2.36. The van der Waals surface area contributed by atoms with Gasteiger partial charge < -0.3 is 14.6 Å². The van der Waals surface area contributed by atoms with E-state index in [4.69, 9.17) is 0 Å². The standard InChI is InChI=1S/C17H20N2O3/c1-11-7-8-12(17(21)22)9-19(11)16(20)14-10-18(2)15-6-4-3-5-13(14)15/h3-6,10-12H,7-9H2,1-2H3,(H,21,22). The van der Waals surface area contributed by atoms with Crippen LogP contribution in [0.25, 0.3) is 10.9 Å². The smallest absolute Gasteiger partial charge is 0.308 e. The van der Waals surface area contributed by atoms with Crippen molar-refractivity contribution in [1.29, 1.82) is 0 Å². The van der Waals surface area contributed by atoms with Crippen LogP contribution >= 0.6 is 0 Å². The average Bonchev–Trinajstić information content (AvgIpc) is 2.84. The van der Waals surface area contributed by atoms with Gasteiger partial charge in [-0.25, -0.2) is 0 Å². The molecule has 1 amide bonds. The molecule has 1 fully saturated rings. The molecule has 0 saturated carbocycles. The van der Waals surface area contributed by atoms with Crippen molar-refractivity contribution >= 4 is 22.8 Å². The maximum Gasteiger partial charge on any atom is 0.308 e. The molecule has 0 spiro atoms. The molecule has 1 aliphatic heterocycles. The van der Waals surface area contributed by atoms with E-state index in [0.29, 0.717) is 18.5 Å². The molecule has 2 heterocycles. The summed E-state index contributed by atoms with van der Waals surface area (Å²) in [6, 6.07) is 7.85. The predicted octanol–water partition coefficient (Wildman–Crippen LogP) is 2.50. The number of hydrogen-bond donors (Lipinski definition) is 1. The zero-order valence-electron chi connectivity index (χ0n) is 12.8. The Morgan fingerprint density at radius 3 is 2.68 bits per heavy atom. The fraction of sp³-hybridized carbons (Fsp3) is 0.412. The highest BCUT2D eigenvalue weighted by molar-refractivity contribution is 6.07. The molecule has 1 N–H and O–H groups in total. The van der Waals surface area contributed by atoms with Gasteiger partial charge in [0.1, 0.15) is 0 Å². The van der Waals surface area contributed by atoms with Crippen molar-refractivity contribution in [2.24, 2.45) is 13.0 Å². The largest absolute Gasteiger partial charge is 0.481 e. The topological polar surface area (TPSA) is 62.5 Å². The Balaban J connectivity index is 1.96. The predicted molar refractivity (Wildman–Crippen MR) is 83.8 cm³/mol. The maximum absolute atomic E-state index is 12.9. The summed E-state index contributed by atoms with van der Waals surface area (Å²) in [5.41, 5.74) is 1.65. The Morgan fingerprint density at radius 2 is 1.95 bits per heavy atom. The molecule has 1 aromatic heterocycles. The summed E-state index contributed by atoms with van der Waals surface area (Å²) in [5.74, 6) is -1.35. The average molecular weight is 300 g/mol. The van der Waals surface area contributed by atoms with Crippen molar-refractivity contribution in [2.75, 3.05) is 6.54 Å². The highest BCUT2D eigenvalue weighted by Crippen LogP contribution is 2.27.